The Kier molecular flexibility index (Phi) is 7.61. The number of aliphatic hydroxyl groups is 1. The van der Waals surface area contributed by atoms with Crippen LogP contribution < -0.4 is 5.32 Å². The Hall–Kier alpha value is -2.42. The number of piperidine rings is 1. The zero-order valence-electron chi connectivity index (χ0n) is 20.9. The minimum absolute atomic E-state index is 0.0602. The third kappa shape index (κ3) is 5.71. The lowest BCUT2D eigenvalue weighted by Gasteiger charge is -2.44. The van der Waals surface area contributed by atoms with E-state index < -0.39 is 12.6 Å². The lowest BCUT2D eigenvalue weighted by molar-refractivity contribution is -0.126. The van der Waals surface area contributed by atoms with E-state index in [1.165, 1.54) is 6.33 Å². The van der Waals surface area contributed by atoms with E-state index >= 15 is 0 Å². The number of fused-ring (bicyclic) bond motifs is 2. The fourth-order valence-electron chi connectivity index (χ4n) is 6.43. The number of likely N-dealkylation sites (tertiary alicyclic amines) is 1. The highest BCUT2D eigenvalue weighted by molar-refractivity contribution is 7.18. The monoisotopic (exact) mass is 534 g/mol. The van der Waals surface area contributed by atoms with Gasteiger partial charge in [0.2, 0.25) is 0 Å². The number of β-amino-alcohol motifs (C(OH)–C–C–N with tert-alkyl or cyclic N) is 1. The molecular weight excluding hydrogens is 501 g/mol. The van der Waals surface area contributed by atoms with Crippen molar-refractivity contribution in [1.82, 2.24) is 19.8 Å². The molecule has 2 aromatic heterocycles. The van der Waals surface area contributed by atoms with E-state index in [0.717, 1.165) is 56.7 Å². The Morgan fingerprint density at radius 1 is 1.22 bits per heavy atom. The van der Waals surface area contributed by atoms with Gasteiger partial charge in [-0.05, 0) is 49.7 Å². The third-order valence-electron chi connectivity index (χ3n) is 8.32. The maximum Gasteiger partial charge on any atom is 0.393 e. The number of halogens is 3. The summed E-state index contributed by atoms with van der Waals surface area (Å²) in [7, 11) is 0. The van der Waals surface area contributed by atoms with Gasteiger partial charge in [-0.3, -0.25) is 0 Å². The lowest BCUT2D eigenvalue weighted by Crippen LogP contribution is -2.47. The normalized spacial score (nSPS) is 27.2. The van der Waals surface area contributed by atoms with E-state index in [1.807, 2.05) is 0 Å². The second-order valence-electron chi connectivity index (χ2n) is 10.6. The van der Waals surface area contributed by atoms with Crippen LogP contribution in [0.15, 0.2) is 24.2 Å². The van der Waals surface area contributed by atoms with Gasteiger partial charge >= 0.3 is 6.18 Å². The van der Waals surface area contributed by atoms with Gasteiger partial charge in [0.1, 0.15) is 28.7 Å². The smallest absolute Gasteiger partial charge is 0.393 e. The van der Waals surface area contributed by atoms with Crippen molar-refractivity contribution in [2.45, 2.75) is 57.3 Å². The van der Waals surface area contributed by atoms with Crippen molar-refractivity contribution in [2.24, 2.45) is 17.8 Å². The van der Waals surface area contributed by atoms with E-state index in [0.29, 0.717) is 52.1 Å². The van der Waals surface area contributed by atoms with Gasteiger partial charge < -0.3 is 20.2 Å². The van der Waals surface area contributed by atoms with Crippen LogP contribution in [0.3, 0.4) is 0 Å². The van der Waals surface area contributed by atoms with Crippen LogP contribution in [0, 0.1) is 29.1 Å². The first-order chi connectivity index (χ1) is 17.8. The van der Waals surface area contributed by atoms with Gasteiger partial charge in [0, 0.05) is 49.1 Å². The summed E-state index contributed by atoms with van der Waals surface area (Å²) in [6.45, 7) is 5.84. The molecule has 1 aliphatic carbocycles. The number of nitrogens with one attached hydrogen (secondary N) is 1. The second kappa shape index (κ2) is 10.8. The van der Waals surface area contributed by atoms with Crippen molar-refractivity contribution in [2.75, 3.05) is 38.1 Å². The van der Waals surface area contributed by atoms with Gasteiger partial charge in [0.15, 0.2) is 0 Å². The summed E-state index contributed by atoms with van der Waals surface area (Å²) in [6, 6.07) is 4.43. The first-order valence-electron chi connectivity index (χ1n) is 13.0. The van der Waals surface area contributed by atoms with Crippen LogP contribution in [0.4, 0.5) is 19.0 Å². The maximum absolute atomic E-state index is 12.8. The molecule has 0 amide bonds. The Balaban J connectivity index is 1.16. The van der Waals surface area contributed by atoms with E-state index in [9.17, 15) is 23.5 Å². The van der Waals surface area contributed by atoms with Gasteiger partial charge in [-0.2, -0.15) is 18.4 Å². The number of rotatable bonds is 7. The highest BCUT2D eigenvalue weighted by atomic mass is 32.1. The molecule has 4 unspecified atom stereocenters. The topological polar surface area (TPSA) is 88.3 Å². The molecule has 2 aromatic rings. The van der Waals surface area contributed by atoms with Crippen LogP contribution >= 0.6 is 11.3 Å². The van der Waals surface area contributed by atoms with Crippen LogP contribution in [-0.2, 0) is 6.42 Å². The molecule has 4 heterocycles. The third-order valence-corrected chi connectivity index (χ3v) is 9.36. The lowest BCUT2D eigenvalue weighted by atomic mass is 9.70. The molecule has 11 heteroatoms. The standard InChI is InChI=1S/C26H33F3N6OS/c1-16-17(2-3-23-21(16)10-19(13-30)35(23)8-9-36)14-34-6-4-18(5-7-34)33-24-22-11-20(12-26(27,28)29)37-25(22)32-15-31-24/h10-11,15-18,21,23,36H,2-9,12,14H2,1H3,(H,31,32,33). The zero-order chi connectivity index (χ0) is 26.2. The van der Waals surface area contributed by atoms with Crippen LogP contribution in [0.1, 0.15) is 37.5 Å². The molecule has 1 saturated heterocycles. The van der Waals surface area contributed by atoms with Crippen molar-refractivity contribution in [1.29, 1.82) is 5.26 Å². The van der Waals surface area contributed by atoms with Crippen molar-refractivity contribution in [3.05, 3.63) is 29.0 Å². The van der Waals surface area contributed by atoms with Gasteiger partial charge in [-0.15, -0.1) is 11.3 Å². The minimum Gasteiger partial charge on any atom is -0.395 e. The molecule has 37 heavy (non-hydrogen) atoms. The number of allylic oxidation sites excluding steroid dienone is 1. The minimum atomic E-state index is -4.24. The van der Waals surface area contributed by atoms with E-state index in [2.05, 4.69) is 44.2 Å². The quantitative estimate of drug-likeness (QED) is 0.544. The fourth-order valence-corrected chi connectivity index (χ4v) is 7.46. The summed E-state index contributed by atoms with van der Waals surface area (Å²) in [5, 5.41) is 23.1. The van der Waals surface area contributed by atoms with Crippen molar-refractivity contribution >= 4 is 27.4 Å². The number of hydrogen-bond acceptors (Lipinski definition) is 8. The van der Waals surface area contributed by atoms with Crippen LogP contribution in [0.2, 0.25) is 0 Å². The zero-order valence-corrected chi connectivity index (χ0v) is 21.7. The molecule has 2 fully saturated rings. The molecule has 0 bridgehead atoms. The van der Waals surface area contributed by atoms with Gasteiger partial charge in [-0.1, -0.05) is 6.92 Å². The molecule has 0 radical (unpaired) electrons. The number of aliphatic hydroxyl groups excluding tert-OH is 1. The average Bonchev–Trinajstić information content (AvgIpc) is 3.43. The summed E-state index contributed by atoms with van der Waals surface area (Å²) < 4.78 is 38.5. The molecule has 3 aliphatic rings. The number of nitriles is 1. The fraction of sp³-hybridized carbons (Fsp3) is 0.654. The summed E-state index contributed by atoms with van der Waals surface area (Å²) in [5.41, 5.74) is 0.707. The van der Waals surface area contributed by atoms with Crippen molar-refractivity contribution < 1.29 is 18.3 Å². The Morgan fingerprint density at radius 3 is 2.70 bits per heavy atom. The number of alkyl halides is 3. The molecule has 5 rings (SSSR count). The van der Waals surface area contributed by atoms with Gasteiger partial charge in [0.25, 0.3) is 0 Å². The molecule has 0 aromatic carbocycles. The van der Waals surface area contributed by atoms with Crippen LogP contribution in [0.5, 0.6) is 0 Å². The highest BCUT2D eigenvalue weighted by Crippen LogP contribution is 2.44. The van der Waals surface area contributed by atoms with Gasteiger partial charge in [-0.25, -0.2) is 9.97 Å². The predicted molar refractivity (Wildman–Crippen MR) is 137 cm³/mol. The molecular formula is C26H33F3N6OS. The Morgan fingerprint density at radius 2 is 2.00 bits per heavy atom. The molecule has 4 atom stereocenters. The van der Waals surface area contributed by atoms with Crippen molar-refractivity contribution in [3.63, 3.8) is 0 Å². The van der Waals surface area contributed by atoms with E-state index in [-0.39, 0.29) is 17.5 Å². The largest absolute Gasteiger partial charge is 0.395 e. The second-order valence-corrected chi connectivity index (χ2v) is 11.7. The molecule has 7 nitrogen and oxygen atoms in total. The van der Waals surface area contributed by atoms with Gasteiger partial charge in [0.05, 0.1) is 18.4 Å². The summed E-state index contributed by atoms with van der Waals surface area (Å²) in [4.78, 5) is 14.0. The first-order valence-corrected chi connectivity index (χ1v) is 13.9. The summed E-state index contributed by atoms with van der Waals surface area (Å²) >= 11 is 1.07. The molecule has 1 saturated carbocycles. The predicted octanol–water partition coefficient (Wildman–Crippen LogP) is 4.42. The van der Waals surface area contributed by atoms with E-state index in [4.69, 9.17) is 0 Å². The van der Waals surface area contributed by atoms with Crippen molar-refractivity contribution in [3.8, 4) is 6.07 Å². The summed E-state index contributed by atoms with van der Waals surface area (Å²) in [6.07, 6.45) is 2.41. The molecule has 2 N–H and O–H groups in total. The number of anilines is 1. The highest BCUT2D eigenvalue weighted by Gasteiger charge is 2.43. The molecule has 2 aliphatic heterocycles. The molecule has 200 valence electrons. The van der Waals surface area contributed by atoms with Crippen LogP contribution in [-0.4, -0.2) is 75.9 Å². The average molecular weight is 535 g/mol. The van der Waals surface area contributed by atoms with E-state index in [1.54, 1.807) is 6.07 Å². The number of hydrogen-bond donors (Lipinski definition) is 2. The maximum atomic E-state index is 12.8. The Labute approximate surface area is 219 Å². The summed E-state index contributed by atoms with van der Waals surface area (Å²) in [5.74, 6) is 2.01. The number of aromatic nitrogens is 2. The van der Waals surface area contributed by atoms with Crippen LogP contribution in [0.25, 0.3) is 10.2 Å². The SMILES string of the molecule is CC1C(CN2CCC(Nc3ncnc4sc(CC(F)(F)F)cc34)CC2)CCC2C1C=C(C#N)N2CCO. The number of thiophene rings is 1. The number of nitrogens with zero attached hydrogens (tertiary/aromatic N) is 5. The molecule has 0 spiro atoms. The first kappa shape index (κ1) is 26.2. The Bertz CT molecular complexity index is 1170.